The Balaban J connectivity index is 1.86. The molecule has 17 heavy (non-hydrogen) atoms. The lowest BCUT2D eigenvalue weighted by molar-refractivity contribution is 0.132. The molecule has 0 saturated heterocycles. The second-order valence-corrected chi connectivity index (χ2v) is 3.98. The number of nitrogens with zero attached hydrogens (tertiary/aromatic N) is 1. The Morgan fingerprint density at radius 1 is 1.06 bits per heavy atom. The van der Waals surface area contributed by atoms with Crippen LogP contribution in [0.1, 0.15) is 11.1 Å². The highest BCUT2D eigenvalue weighted by Gasteiger charge is 1.91. The zero-order valence-electron chi connectivity index (χ0n) is 9.21. The van der Waals surface area contributed by atoms with Gasteiger partial charge in [0.15, 0.2) is 0 Å². The van der Waals surface area contributed by atoms with Crippen molar-refractivity contribution in [1.82, 2.24) is 0 Å². The topological polar surface area (TPSA) is 21.6 Å². The van der Waals surface area contributed by atoms with Crippen molar-refractivity contribution in [3.8, 4) is 0 Å². The molecule has 0 radical (unpaired) electrons. The number of halogens is 1. The predicted molar refractivity (Wildman–Crippen MR) is 70.3 cm³/mol. The van der Waals surface area contributed by atoms with Crippen molar-refractivity contribution in [2.45, 2.75) is 6.61 Å². The van der Waals surface area contributed by atoms with Gasteiger partial charge < -0.3 is 4.84 Å². The SMILES string of the molecule is Clc1cccc(C=NOCc2ccccc2)c1. The van der Waals surface area contributed by atoms with E-state index >= 15 is 0 Å². The average molecular weight is 246 g/mol. The van der Waals surface area contributed by atoms with Gasteiger partial charge in [-0.15, -0.1) is 0 Å². The van der Waals surface area contributed by atoms with Crippen LogP contribution in [0, 0.1) is 0 Å². The molecule has 0 aliphatic rings. The van der Waals surface area contributed by atoms with Gasteiger partial charge in [-0.3, -0.25) is 0 Å². The third-order valence-corrected chi connectivity index (χ3v) is 2.43. The summed E-state index contributed by atoms with van der Waals surface area (Å²) in [5.41, 5.74) is 2.02. The zero-order valence-corrected chi connectivity index (χ0v) is 9.97. The summed E-state index contributed by atoms with van der Waals surface area (Å²) in [4.78, 5) is 5.19. The van der Waals surface area contributed by atoms with Gasteiger partial charge in [-0.1, -0.05) is 59.2 Å². The maximum atomic E-state index is 5.85. The molecule has 0 spiro atoms. The fraction of sp³-hybridized carbons (Fsp3) is 0.0714. The number of benzene rings is 2. The molecule has 86 valence electrons. The Kier molecular flexibility index (Phi) is 4.17. The van der Waals surface area contributed by atoms with Gasteiger partial charge in [-0.25, -0.2) is 0 Å². The quantitative estimate of drug-likeness (QED) is 0.592. The van der Waals surface area contributed by atoms with Gasteiger partial charge in [0.25, 0.3) is 0 Å². The summed E-state index contributed by atoms with van der Waals surface area (Å²) < 4.78 is 0. The van der Waals surface area contributed by atoms with E-state index in [1.54, 1.807) is 6.21 Å². The summed E-state index contributed by atoms with van der Waals surface area (Å²) in [5, 5.41) is 4.59. The lowest BCUT2D eigenvalue weighted by atomic mass is 10.2. The zero-order chi connectivity index (χ0) is 11.9. The molecule has 3 heteroatoms. The molecule has 0 bridgehead atoms. The van der Waals surface area contributed by atoms with Crippen molar-refractivity contribution >= 4 is 17.8 Å². The molecule has 2 nitrogen and oxygen atoms in total. The molecule has 0 N–H and O–H groups in total. The van der Waals surface area contributed by atoms with E-state index in [1.165, 1.54) is 0 Å². The average Bonchev–Trinajstić information content (AvgIpc) is 2.36. The Labute approximate surface area is 105 Å². The van der Waals surface area contributed by atoms with E-state index in [-0.39, 0.29) is 0 Å². The number of hydrogen-bond donors (Lipinski definition) is 0. The van der Waals surface area contributed by atoms with Gasteiger partial charge in [-0.05, 0) is 23.3 Å². The van der Waals surface area contributed by atoms with E-state index in [2.05, 4.69) is 5.16 Å². The number of rotatable bonds is 4. The Morgan fingerprint density at radius 2 is 1.88 bits per heavy atom. The molecule has 2 rings (SSSR count). The highest BCUT2D eigenvalue weighted by molar-refractivity contribution is 6.30. The Bertz CT molecular complexity index is 497. The second kappa shape index (κ2) is 6.06. The summed E-state index contributed by atoms with van der Waals surface area (Å²) in [6, 6.07) is 17.4. The molecule has 0 aromatic heterocycles. The lowest BCUT2D eigenvalue weighted by Crippen LogP contribution is -1.87. The van der Waals surface area contributed by atoms with Crippen LogP contribution < -0.4 is 0 Å². The van der Waals surface area contributed by atoms with Crippen molar-refractivity contribution in [3.05, 3.63) is 70.7 Å². The molecule has 0 fully saturated rings. The Morgan fingerprint density at radius 3 is 2.65 bits per heavy atom. The summed E-state index contributed by atoms with van der Waals surface area (Å²) in [5.74, 6) is 0. The summed E-state index contributed by atoms with van der Waals surface area (Å²) in [6.45, 7) is 0.470. The van der Waals surface area contributed by atoms with Gasteiger partial charge in [0.2, 0.25) is 0 Å². The molecule has 2 aromatic rings. The van der Waals surface area contributed by atoms with E-state index in [4.69, 9.17) is 16.4 Å². The first-order valence-corrected chi connectivity index (χ1v) is 5.67. The van der Waals surface area contributed by atoms with Crippen molar-refractivity contribution in [1.29, 1.82) is 0 Å². The van der Waals surface area contributed by atoms with Gasteiger partial charge in [-0.2, -0.15) is 0 Å². The van der Waals surface area contributed by atoms with Gasteiger partial charge in [0.05, 0.1) is 6.21 Å². The van der Waals surface area contributed by atoms with Crippen molar-refractivity contribution < 1.29 is 4.84 Å². The first-order chi connectivity index (χ1) is 8.34. The van der Waals surface area contributed by atoms with Gasteiger partial charge >= 0.3 is 0 Å². The fourth-order valence-electron chi connectivity index (χ4n) is 1.37. The molecule has 0 unspecified atom stereocenters. The van der Waals surface area contributed by atoms with Crippen LogP contribution in [-0.4, -0.2) is 6.21 Å². The van der Waals surface area contributed by atoms with Crippen LogP contribution in [0.15, 0.2) is 59.8 Å². The number of hydrogen-bond acceptors (Lipinski definition) is 2. The monoisotopic (exact) mass is 245 g/mol. The normalized spacial score (nSPS) is 10.6. The van der Waals surface area contributed by atoms with Crippen LogP contribution in [0.4, 0.5) is 0 Å². The van der Waals surface area contributed by atoms with E-state index in [0.29, 0.717) is 11.6 Å². The van der Waals surface area contributed by atoms with Crippen LogP contribution in [0.5, 0.6) is 0 Å². The minimum atomic E-state index is 0.470. The summed E-state index contributed by atoms with van der Waals surface area (Å²) in [6.07, 6.45) is 1.65. The van der Waals surface area contributed by atoms with Crippen LogP contribution in [0.3, 0.4) is 0 Å². The van der Waals surface area contributed by atoms with Crippen LogP contribution >= 0.6 is 11.6 Å². The van der Waals surface area contributed by atoms with Crippen molar-refractivity contribution in [2.24, 2.45) is 5.16 Å². The third-order valence-electron chi connectivity index (χ3n) is 2.20. The molecule has 0 atom stereocenters. The highest BCUT2D eigenvalue weighted by Crippen LogP contribution is 2.09. The largest absolute Gasteiger partial charge is 0.391 e. The van der Waals surface area contributed by atoms with Gasteiger partial charge in [0, 0.05) is 5.02 Å². The van der Waals surface area contributed by atoms with Crippen LogP contribution in [0.25, 0.3) is 0 Å². The molecule has 2 aromatic carbocycles. The number of oxime groups is 1. The minimum absolute atomic E-state index is 0.470. The maximum Gasteiger partial charge on any atom is 0.142 e. The first kappa shape index (κ1) is 11.7. The molecular weight excluding hydrogens is 234 g/mol. The summed E-state index contributed by atoms with van der Waals surface area (Å²) in [7, 11) is 0. The van der Waals surface area contributed by atoms with Crippen molar-refractivity contribution in [2.75, 3.05) is 0 Å². The van der Waals surface area contributed by atoms with Crippen molar-refractivity contribution in [3.63, 3.8) is 0 Å². The minimum Gasteiger partial charge on any atom is -0.391 e. The standard InChI is InChI=1S/C14H12ClNO/c15-14-8-4-7-13(9-14)10-16-17-11-12-5-2-1-3-6-12/h1-10H,11H2. The molecule has 0 saturated carbocycles. The fourth-order valence-corrected chi connectivity index (χ4v) is 1.57. The molecule has 0 aliphatic heterocycles. The Hall–Kier alpha value is -1.80. The molecule has 0 amide bonds. The molecule has 0 heterocycles. The predicted octanol–water partition coefficient (Wildman–Crippen LogP) is 3.89. The second-order valence-electron chi connectivity index (χ2n) is 3.55. The molecule has 0 aliphatic carbocycles. The maximum absolute atomic E-state index is 5.85. The van der Waals surface area contributed by atoms with E-state index in [1.807, 2.05) is 54.6 Å². The highest BCUT2D eigenvalue weighted by atomic mass is 35.5. The molecular formula is C14H12ClNO. The lowest BCUT2D eigenvalue weighted by Gasteiger charge is -1.98. The van der Waals surface area contributed by atoms with E-state index in [9.17, 15) is 0 Å². The first-order valence-electron chi connectivity index (χ1n) is 5.29. The van der Waals surface area contributed by atoms with Crippen LogP contribution in [0.2, 0.25) is 5.02 Å². The summed E-state index contributed by atoms with van der Waals surface area (Å²) >= 11 is 5.85. The third kappa shape index (κ3) is 3.93. The smallest absolute Gasteiger partial charge is 0.142 e. The van der Waals surface area contributed by atoms with E-state index in [0.717, 1.165) is 11.1 Å². The van der Waals surface area contributed by atoms with E-state index < -0.39 is 0 Å². The van der Waals surface area contributed by atoms with Gasteiger partial charge in [0.1, 0.15) is 6.61 Å². The van der Waals surface area contributed by atoms with Crippen LogP contribution in [-0.2, 0) is 11.4 Å².